The van der Waals surface area contributed by atoms with Crippen LogP contribution in [0.5, 0.6) is 0 Å². The number of benzene rings is 1. The summed E-state index contributed by atoms with van der Waals surface area (Å²) in [5.74, 6) is 0.893. The average molecular weight is 342 g/mol. The first-order chi connectivity index (χ1) is 12.1. The van der Waals surface area contributed by atoms with Crippen LogP contribution in [0.15, 0.2) is 47.1 Å². The Labute approximate surface area is 148 Å². The van der Waals surface area contributed by atoms with Crippen LogP contribution in [0, 0.1) is 0 Å². The minimum Gasteiger partial charge on any atom is -0.467 e. The van der Waals surface area contributed by atoms with E-state index >= 15 is 0 Å². The van der Waals surface area contributed by atoms with Crippen molar-refractivity contribution in [3.63, 3.8) is 0 Å². The minimum atomic E-state index is -0.684. The topological polar surface area (TPSA) is 65.7 Å². The van der Waals surface area contributed by atoms with E-state index in [1.54, 1.807) is 18.4 Å². The second-order valence-electron chi connectivity index (χ2n) is 6.93. The Bertz CT molecular complexity index is 697. The van der Waals surface area contributed by atoms with Gasteiger partial charge in [0.1, 0.15) is 11.9 Å². The van der Waals surface area contributed by atoms with Crippen LogP contribution in [-0.2, 0) is 0 Å². The van der Waals surface area contributed by atoms with Crippen LogP contribution in [-0.4, -0.2) is 28.6 Å². The summed E-state index contributed by atoms with van der Waals surface area (Å²) in [6.45, 7) is 4.94. The Hall–Kier alpha value is -2.27. The lowest BCUT2D eigenvalue weighted by Gasteiger charge is -2.27. The number of hydrogen-bond donors (Lipinski definition) is 2. The van der Waals surface area contributed by atoms with E-state index in [0.29, 0.717) is 24.6 Å². The van der Waals surface area contributed by atoms with Gasteiger partial charge in [-0.1, -0.05) is 32.0 Å². The number of anilines is 1. The molecule has 1 saturated heterocycles. The number of likely N-dealkylation sites (tertiary alicyclic amines) is 1. The van der Waals surface area contributed by atoms with E-state index in [0.717, 1.165) is 24.1 Å². The number of hydrogen-bond acceptors (Lipinski definition) is 3. The molecule has 3 rings (SSSR count). The number of rotatable bonds is 5. The molecule has 0 spiro atoms. The number of carbonyl (C=O) groups is 1. The normalized spacial score (nSPS) is 18.6. The molecular weight excluding hydrogens is 316 g/mol. The van der Waals surface area contributed by atoms with Crippen LogP contribution < -0.4 is 5.32 Å². The van der Waals surface area contributed by atoms with E-state index in [4.69, 9.17) is 4.42 Å². The summed E-state index contributed by atoms with van der Waals surface area (Å²) in [5.41, 5.74) is 1.99. The fourth-order valence-electron chi connectivity index (χ4n) is 3.50. The molecule has 2 atom stereocenters. The smallest absolute Gasteiger partial charge is 0.322 e. The molecule has 1 aromatic heterocycles. The molecule has 134 valence electrons. The molecule has 1 aliphatic rings. The highest BCUT2D eigenvalue weighted by Gasteiger charge is 2.31. The summed E-state index contributed by atoms with van der Waals surface area (Å²) >= 11 is 0. The molecule has 0 radical (unpaired) electrons. The lowest BCUT2D eigenvalue weighted by atomic mass is 10.0. The maximum Gasteiger partial charge on any atom is 0.322 e. The van der Waals surface area contributed by atoms with Crippen molar-refractivity contribution in [2.75, 3.05) is 11.9 Å². The van der Waals surface area contributed by atoms with Gasteiger partial charge < -0.3 is 19.7 Å². The number of nitrogens with zero attached hydrogens (tertiary/aromatic N) is 1. The number of urea groups is 1. The van der Waals surface area contributed by atoms with E-state index in [1.165, 1.54) is 0 Å². The van der Waals surface area contributed by atoms with Crippen LogP contribution in [0.25, 0.3) is 0 Å². The summed E-state index contributed by atoms with van der Waals surface area (Å²) in [6, 6.07) is 11.4. The third-order valence-electron chi connectivity index (χ3n) is 4.83. The lowest BCUT2D eigenvalue weighted by Crippen LogP contribution is -2.39. The quantitative estimate of drug-likeness (QED) is 0.839. The van der Waals surface area contributed by atoms with Gasteiger partial charge in [-0.25, -0.2) is 4.79 Å². The van der Waals surface area contributed by atoms with Gasteiger partial charge in [0, 0.05) is 24.7 Å². The highest BCUT2D eigenvalue weighted by molar-refractivity contribution is 5.90. The van der Waals surface area contributed by atoms with Crippen LogP contribution in [0.2, 0.25) is 0 Å². The molecule has 1 aromatic carbocycles. The molecule has 2 N–H and O–H groups in total. The fraction of sp³-hybridized carbons (Fsp3) is 0.450. The highest BCUT2D eigenvalue weighted by atomic mass is 16.4. The number of aliphatic hydroxyl groups excluding tert-OH is 1. The summed E-state index contributed by atoms with van der Waals surface area (Å²) < 4.78 is 5.27. The van der Waals surface area contributed by atoms with Crippen LogP contribution in [0.1, 0.15) is 56.5 Å². The second kappa shape index (κ2) is 7.74. The number of carbonyl (C=O) groups excluding carboxylic acids is 1. The van der Waals surface area contributed by atoms with Crippen molar-refractivity contribution in [1.29, 1.82) is 0 Å². The Morgan fingerprint density at radius 2 is 2.12 bits per heavy atom. The van der Waals surface area contributed by atoms with Gasteiger partial charge in [0.05, 0.1) is 6.26 Å². The molecule has 2 heterocycles. The Morgan fingerprint density at radius 3 is 2.84 bits per heavy atom. The molecule has 25 heavy (non-hydrogen) atoms. The maximum absolute atomic E-state index is 12.8. The number of aliphatic hydroxyl groups is 1. The van der Waals surface area contributed by atoms with Crippen molar-refractivity contribution in [3.05, 3.63) is 54.0 Å². The second-order valence-corrected chi connectivity index (χ2v) is 6.93. The minimum absolute atomic E-state index is 0.0197. The highest BCUT2D eigenvalue weighted by Crippen LogP contribution is 2.29. The molecular formula is C20H26N2O3. The first kappa shape index (κ1) is 17.5. The van der Waals surface area contributed by atoms with Crippen LogP contribution >= 0.6 is 0 Å². The summed E-state index contributed by atoms with van der Waals surface area (Å²) in [6.07, 6.45) is 3.22. The van der Waals surface area contributed by atoms with Crippen molar-refractivity contribution in [1.82, 2.24) is 4.90 Å². The molecule has 0 saturated carbocycles. The van der Waals surface area contributed by atoms with Crippen molar-refractivity contribution < 1.29 is 14.3 Å². The molecule has 2 unspecified atom stereocenters. The standard InChI is InChI=1S/C20H26N2O3/c1-14(2)16-8-3-4-9-17(16)21-20(24)22-11-5-7-15(22)13-18(23)19-10-6-12-25-19/h3-4,6,8-10,12,14-15,18,23H,5,7,11,13H2,1-2H3,(H,21,24). The molecule has 1 aliphatic heterocycles. The number of amides is 2. The summed E-state index contributed by atoms with van der Waals surface area (Å²) in [7, 11) is 0. The number of nitrogens with one attached hydrogen (secondary N) is 1. The van der Waals surface area contributed by atoms with E-state index in [-0.39, 0.29) is 12.1 Å². The van der Waals surface area contributed by atoms with E-state index < -0.39 is 6.10 Å². The number of para-hydroxylation sites is 1. The van der Waals surface area contributed by atoms with Gasteiger partial charge in [0.2, 0.25) is 0 Å². The number of furan rings is 1. The molecule has 5 heteroatoms. The Balaban J connectivity index is 1.67. The Kier molecular flexibility index (Phi) is 5.43. The van der Waals surface area contributed by atoms with Crippen LogP contribution in [0.3, 0.4) is 0 Å². The largest absolute Gasteiger partial charge is 0.467 e. The Morgan fingerprint density at radius 1 is 1.32 bits per heavy atom. The molecule has 1 fully saturated rings. The average Bonchev–Trinajstić information content (AvgIpc) is 3.26. The molecule has 2 aromatic rings. The fourth-order valence-corrected chi connectivity index (χ4v) is 3.50. The van der Waals surface area contributed by atoms with Crippen LogP contribution in [0.4, 0.5) is 10.5 Å². The predicted octanol–water partition coefficient (Wildman–Crippen LogP) is 4.52. The van der Waals surface area contributed by atoms with Gasteiger partial charge in [0.15, 0.2) is 0 Å². The van der Waals surface area contributed by atoms with Crippen molar-refractivity contribution in [3.8, 4) is 0 Å². The van der Waals surface area contributed by atoms with Gasteiger partial charge in [-0.15, -0.1) is 0 Å². The molecule has 5 nitrogen and oxygen atoms in total. The SMILES string of the molecule is CC(C)c1ccccc1NC(=O)N1CCCC1CC(O)c1ccco1. The zero-order chi connectivity index (χ0) is 17.8. The summed E-state index contributed by atoms with van der Waals surface area (Å²) in [4.78, 5) is 14.6. The zero-order valence-corrected chi connectivity index (χ0v) is 14.8. The molecule has 0 bridgehead atoms. The zero-order valence-electron chi connectivity index (χ0n) is 14.8. The molecule has 2 amide bonds. The van der Waals surface area contributed by atoms with Crippen molar-refractivity contribution in [2.24, 2.45) is 0 Å². The van der Waals surface area contributed by atoms with Crippen molar-refractivity contribution in [2.45, 2.75) is 51.2 Å². The lowest BCUT2D eigenvalue weighted by molar-refractivity contribution is 0.110. The third kappa shape index (κ3) is 4.04. The monoisotopic (exact) mass is 342 g/mol. The third-order valence-corrected chi connectivity index (χ3v) is 4.83. The molecule has 0 aliphatic carbocycles. The van der Waals surface area contributed by atoms with Gasteiger partial charge in [-0.2, -0.15) is 0 Å². The van der Waals surface area contributed by atoms with E-state index in [9.17, 15) is 9.90 Å². The van der Waals surface area contributed by atoms with Gasteiger partial charge in [-0.3, -0.25) is 0 Å². The maximum atomic E-state index is 12.8. The van der Waals surface area contributed by atoms with E-state index in [1.807, 2.05) is 29.2 Å². The first-order valence-corrected chi connectivity index (χ1v) is 8.94. The predicted molar refractivity (Wildman–Crippen MR) is 97.6 cm³/mol. The van der Waals surface area contributed by atoms with Crippen molar-refractivity contribution >= 4 is 11.7 Å². The van der Waals surface area contributed by atoms with Gasteiger partial charge in [0.25, 0.3) is 0 Å². The summed E-state index contributed by atoms with van der Waals surface area (Å²) in [5, 5.41) is 13.4. The first-order valence-electron chi connectivity index (χ1n) is 8.94. The van der Waals surface area contributed by atoms with E-state index in [2.05, 4.69) is 19.2 Å². The van der Waals surface area contributed by atoms with Gasteiger partial charge in [-0.05, 0) is 42.5 Å². The van der Waals surface area contributed by atoms with Gasteiger partial charge >= 0.3 is 6.03 Å².